The molecule has 1 saturated carbocycles. The molecular weight excluding hydrogens is 258 g/mol. The van der Waals surface area contributed by atoms with Crippen LogP contribution < -0.4 is 10.2 Å². The molecule has 1 N–H and O–H groups in total. The number of nitrogens with one attached hydrogen (secondary N) is 1. The molecule has 3 nitrogen and oxygen atoms in total. The van der Waals surface area contributed by atoms with Crippen LogP contribution in [0.3, 0.4) is 0 Å². The fourth-order valence-electron chi connectivity index (χ4n) is 2.91. The first kappa shape index (κ1) is 16.3. The lowest BCUT2D eigenvalue weighted by Crippen LogP contribution is -2.36. The molecule has 0 unspecified atom stereocenters. The van der Waals surface area contributed by atoms with Crippen molar-refractivity contribution in [3.05, 3.63) is 23.9 Å². The van der Waals surface area contributed by atoms with Gasteiger partial charge in [-0.2, -0.15) is 0 Å². The highest BCUT2D eigenvalue weighted by molar-refractivity contribution is 5.39. The molecule has 2 rings (SSSR count). The Hall–Kier alpha value is -1.09. The second kappa shape index (κ2) is 6.78. The average molecular weight is 289 g/mol. The smallest absolute Gasteiger partial charge is 0.128 e. The number of anilines is 1. The fraction of sp³-hybridized carbons (Fsp3) is 0.722. The molecule has 0 aliphatic heterocycles. The summed E-state index contributed by atoms with van der Waals surface area (Å²) in [7, 11) is 2.19. The van der Waals surface area contributed by atoms with Crippen LogP contribution in [0.25, 0.3) is 0 Å². The molecule has 1 aliphatic rings. The van der Waals surface area contributed by atoms with E-state index in [4.69, 9.17) is 0 Å². The van der Waals surface area contributed by atoms with Crippen molar-refractivity contribution in [3.8, 4) is 0 Å². The van der Waals surface area contributed by atoms with Crippen LogP contribution in [-0.2, 0) is 6.54 Å². The van der Waals surface area contributed by atoms with Crippen molar-refractivity contribution in [1.29, 1.82) is 0 Å². The Labute approximate surface area is 130 Å². The summed E-state index contributed by atoms with van der Waals surface area (Å²) in [6.07, 6.45) is 7.31. The predicted molar refractivity (Wildman–Crippen MR) is 90.7 cm³/mol. The second-order valence-electron chi connectivity index (χ2n) is 7.65. The van der Waals surface area contributed by atoms with Crippen LogP contribution in [-0.4, -0.2) is 23.6 Å². The lowest BCUT2D eigenvalue weighted by Gasteiger charge is -2.34. The molecule has 0 atom stereocenters. The van der Waals surface area contributed by atoms with E-state index >= 15 is 0 Å². The molecule has 118 valence electrons. The second-order valence-corrected chi connectivity index (χ2v) is 7.65. The first-order valence-corrected chi connectivity index (χ1v) is 8.28. The molecule has 1 heterocycles. The summed E-state index contributed by atoms with van der Waals surface area (Å²) in [4.78, 5) is 7.03. The zero-order valence-corrected chi connectivity index (χ0v) is 14.3. The molecule has 0 radical (unpaired) electrons. The molecule has 21 heavy (non-hydrogen) atoms. The van der Waals surface area contributed by atoms with Gasteiger partial charge in [0.15, 0.2) is 0 Å². The Bertz CT molecular complexity index is 425. The van der Waals surface area contributed by atoms with Crippen molar-refractivity contribution in [2.24, 2.45) is 5.92 Å². The largest absolute Gasteiger partial charge is 0.357 e. The molecule has 1 aromatic rings. The van der Waals surface area contributed by atoms with E-state index < -0.39 is 0 Å². The van der Waals surface area contributed by atoms with E-state index in [1.165, 1.54) is 31.2 Å². The summed E-state index contributed by atoms with van der Waals surface area (Å²) < 4.78 is 0. The lowest BCUT2D eigenvalue weighted by molar-refractivity contribution is 0.340. The number of hydrogen-bond acceptors (Lipinski definition) is 3. The summed E-state index contributed by atoms with van der Waals surface area (Å²) in [5, 5.41) is 3.50. The maximum absolute atomic E-state index is 4.66. The summed E-state index contributed by atoms with van der Waals surface area (Å²) in [6.45, 7) is 9.80. The number of rotatable bonds is 4. The van der Waals surface area contributed by atoms with Gasteiger partial charge in [0, 0.05) is 31.4 Å². The van der Waals surface area contributed by atoms with Gasteiger partial charge in [0.25, 0.3) is 0 Å². The van der Waals surface area contributed by atoms with Crippen LogP contribution in [0.2, 0.25) is 0 Å². The maximum atomic E-state index is 4.66. The fourth-order valence-corrected chi connectivity index (χ4v) is 2.91. The van der Waals surface area contributed by atoms with Crippen molar-refractivity contribution in [1.82, 2.24) is 10.3 Å². The van der Waals surface area contributed by atoms with E-state index in [-0.39, 0.29) is 5.54 Å². The standard InChI is InChI=1S/C18H31N3/c1-14-6-9-16(10-7-14)21(5)17-11-8-15(12-19-17)13-20-18(2,3)4/h8,11-12,14,16,20H,6-7,9-10,13H2,1-5H3. The summed E-state index contributed by atoms with van der Waals surface area (Å²) in [5.74, 6) is 2.00. The van der Waals surface area contributed by atoms with E-state index in [2.05, 4.69) is 62.1 Å². The molecule has 1 aromatic heterocycles. The summed E-state index contributed by atoms with van der Waals surface area (Å²) in [6, 6.07) is 5.02. The van der Waals surface area contributed by atoms with E-state index in [1.54, 1.807) is 0 Å². The van der Waals surface area contributed by atoms with Gasteiger partial charge < -0.3 is 10.2 Å². The van der Waals surface area contributed by atoms with Crippen molar-refractivity contribution in [2.75, 3.05) is 11.9 Å². The first-order chi connectivity index (χ1) is 9.85. The number of pyridine rings is 1. The monoisotopic (exact) mass is 289 g/mol. The van der Waals surface area contributed by atoms with Crippen LogP contribution in [0.1, 0.15) is 58.9 Å². The van der Waals surface area contributed by atoms with Crippen molar-refractivity contribution < 1.29 is 0 Å². The van der Waals surface area contributed by atoms with Gasteiger partial charge in [-0.15, -0.1) is 0 Å². The van der Waals surface area contributed by atoms with Gasteiger partial charge >= 0.3 is 0 Å². The molecule has 1 fully saturated rings. The number of aromatic nitrogens is 1. The van der Waals surface area contributed by atoms with Crippen LogP contribution in [0.4, 0.5) is 5.82 Å². The zero-order chi connectivity index (χ0) is 15.5. The number of nitrogens with zero attached hydrogens (tertiary/aromatic N) is 2. The summed E-state index contributed by atoms with van der Waals surface area (Å²) >= 11 is 0. The molecular formula is C18H31N3. The van der Waals surface area contributed by atoms with Crippen LogP contribution in [0.15, 0.2) is 18.3 Å². The molecule has 0 saturated heterocycles. The number of hydrogen-bond donors (Lipinski definition) is 1. The Morgan fingerprint density at radius 3 is 2.38 bits per heavy atom. The zero-order valence-electron chi connectivity index (χ0n) is 14.3. The minimum atomic E-state index is 0.147. The molecule has 0 aromatic carbocycles. The highest BCUT2D eigenvalue weighted by Crippen LogP contribution is 2.28. The Kier molecular flexibility index (Phi) is 5.26. The molecule has 0 amide bonds. The predicted octanol–water partition coefficient (Wildman–Crippen LogP) is 3.98. The third-order valence-electron chi connectivity index (χ3n) is 4.53. The van der Waals surface area contributed by atoms with Crippen molar-refractivity contribution >= 4 is 5.82 Å². The molecule has 3 heteroatoms. The van der Waals surface area contributed by atoms with E-state index in [0.717, 1.165) is 18.3 Å². The van der Waals surface area contributed by atoms with Gasteiger partial charge in [-0.3, -0.25) is 0 Å². The summed E-state index contributed by atoms with van der Waals surface area (Å²) in [5.41, 5.74) is 1.40. The Morgan fingerprint density at radius 1 is 1.19 bits per heavy atom. The SMILES string of the molecule is CC1CCC(N(C)c2ccc(CNC(C)(C)C)cn2)CC1. The molecule has 1 aliphatic carbocycles. The van der Waals surface area contributed by atoms with Gasteiger partial charge in [0.05, 0.1) is 0 Å². The van der Waals surface area contributed by atoms with Gasteiger partial charge in [0.2, 0.25) is 0 Å². The Balaban J connectivity index is 1.92. The topological polar surface area (TPSA) is 28.2 Å². The van der Waals surface area contributed by atoms with Crippen LogP contribution in [0.5, 0.6) is 0 Å². The first-order valence-electron chi connectivity index (χ1n) is 8.28. The minimum Gasteiger partial charge on any atom is -0.357 e. The van der Waals surface area contributed by atoms with Crippen molar-refractivity contribution in [2.45, 2.75) is 71.5 Å². The minimum absolute atomic E-state index is 0.147. The van der Waals surface area contributed by atoms with Crippen molar-refractivity contribution in [3.63, 3.8) is 0 Å². The highest BCUT2D eigenvalue weighted by Gasteiger charge is 2.22. The maximum Gasteiger partial charge on any atom is 0.128 e. The van der Waals surface area contributed by atoms with Gasteiger partial charge in [-0.25, -0.2) is 4.98 Å². The third-order valence-corrected chi connectivity index (χ3v) is 4.53. The van der Waals surface area contributed by atoms with Crippen LogP contribution in [0, 0.1) is 5.92 Å². The van der Waals surface area contributed by atoms with E-state index in [0.29, 0.717) is 6.04 Å². The highest BCUT2D eigenvalue weighted by atomic mass is 15.2. The van der Waals surface area contributed by atoms with Gasteiger partial charge in [-0.1, -0.05) is 13.0 Å². The van der Waals surface area contributed by atoms with Gasteiger partial charge in [-0.05, 0) is 64.0 Å². The quantitative estimate of drug-likeness (QED) is 0.908. The van der Waals surface area contributed by atoms with Crippen LogP contribution >= 0.6 is 0 Å². The average Bonchev–Trinajstić information content (AvgIpc) is 2.45. The van der Waals surface area contributed by atoms with Gasteiger partial charge in [0.1, 0.15) is 5.82 Å². The normalized spacial score (nSPS) is 23.1. The third kappa shape index (κ3) is 4.99. The molecule has 0 bridgehead atoms. The van der Waals surface area contributed by atoms with E-state index in [9.17, 15) is 0 Å². The van der Waals surface area contributed by atoms with E-state index in [1.807, 2.05) is 6.20 Å². The lowest BCUT2D eigenvalue weighted by atomic mass is 9.87. The molecule has 0 spiro atoms. The Morgan fingerprint density at radius 2 is 1.86 bits per heavy atom.